The molecule has 0 unspecified atom stereocenters. The zero-order valence-corrected chi connectivity index (χ0v) is 14.2. The molecule has 24 heavy (non-hydrogen) atoms. The molecule has 0 saturated carbocycles. The number of amides is 1. The highest BCUT2D eigenvalue weighted by Crippen LogP contribution is 2.20. The quantitative estimate of drug-likeness (QED) is 0.786. The molecule has 0 aliphatic carbocycles. The molecule has 1 aromatic heterocycles. The molecule has 1 heterocycles. The Kier molecular flexibility index (Phi) is 6.14. The maximum Gasteiger partial charge on any atom is 0.253 e. The number of carbonyl (C=O) groups is 1. The van der Waals surface area contributed by atoms with E-state index in [1.165, 1.54) is 17.8 Å². The summed E-state index contributed by atoms with van der Waals surface area (Å²) in [6.45, 7) is 3.78. The first kappa shape index (κ1) is 18.2. The van der Waals surface area contributed by atoms with Gasteiger partial charge in [-0.2, -0.15) is 0 Å². The van der Waals surface area contributed by atoms with Crippen molar-refractivity contribution in [3.05, 3.63) is 63.1 Å². The number of aromatic nitrogens is 1. The van der Waals surface area contributed by atoms with Gasteiger partial charge in [0.25, 0.3) is 5.56 Å². The first-order valence-electron chi connectivity index (χ1n) is 7.41. The molecule has 0 aliphatic heterocycles. The van der Waals surface area contributed by atoms with Crippen molar-refractivity contribution in [3.63, 3.8) is 0 Å². The van der Waals surface area contributed by atoms with Crippen molar-refractivity contribution in [1.82, 2.24) is 10.3 Å². The maximum atomic E-state index is 13.1. The molecule has 2 rings (SSSR count). The molecule has 4 nitrogen and oxygen atoms in total. The second-order valence-corrected chi connectivity index (χ2v) is 6.56. The van der Waals surface area contributed by atoms with Gasteiger partial charge in [-0.25, -0.2) is 8.78 Å². The van der Waals surface area contributed by atoms with Gasteiger partial charge in [0.1, 0.15) is 0 Å². The van der Waals surface area contributed by atoms with E-state index in [9.17, 15) is 18.4 Å². The zero-order valence-electron chi connectivity index (χ0n) is 13.4. The molecule has 1 amide bonds. The minimum absolute atomic E-state index is 0.163. The molecule has 0 aliphatic rings. The van der Waals surface area contributed by atoms with Crippen molar-refractivity contribution in [2.75, 3.05) is 5.75 Å². The van der Waals surface area contributed by atoms with Gasteiger partial charge in [-0.05, 0) is 43.7 Å². The smallest absolute Gasteiger partial charge is 0.253 e. The summed E-state index contributed by atoms with van der Waals surface area (Å²) < 4.78 is 25.9. The lowest BCUT2D eigenvalue weighted by atomic mass is 10.1. The van der Waals surface area contributed by atoms with E-state index in [4.69, 9.17) is 0 Å². The van der Waals surface area contributed by atoms with Crippen LogP contribution in [0.1, 0.15) is 23.2 Å². The van der Waals surface area contributed by atoms with E-state index in [2.05, 4.69) is 10.3 Å². The fourth-order valence-electron chi connectivity index (χ4n) is 2.20. The highest BCUT2D eigenvalue weighted by molar-refractivity contribution is 7.99. The standard InChI is InChI=1S/C17H18F2N2O2S/c1-10-7-11(2)21-17(23)13(10)9-20-16(22)5-6-24-12-3-4-14(18)15(19)8-12/h3-4,7-8H,5-6,9H2,1-2H3,(H,20,22)(H,21,23). The first-order valence-corrected chi connectivity index (χ1v) is 8.39. The fraction of sp³-hybridized carbons (Fsp3) is 0.294. The predicted octanol–water partition coefficient (Wildman–Crippen LogP) is 3.07. The lowest BCUT2D eigenvalue weighted by molar-refractivity contribution is -0.120. The number of hydrogen-bond acceptors (Lipinski definition) is 3. The summed E-state index contributed by atoms with van der Waals surface area (Å²) in [7, 11) is 0. The van der Waals surface area contributed by atoms with Crippen molar-refractivity contribution in [2.24, 2.45) is 0 Å². The van der Waals surface area contributed by atoms with E-state index in [1.807, 2.05) is 13.0 Å². The third-order valence-corrected chi connectivity index (χ3v) is 4.44. The molecule has 7 heteroatoms. The number of pyridine rings is 1. The van der Waals surface area contributed by atoms with Crippen LogP contribution in [0.3, 0.4) is 0 Å². The summed E-state index contributed by atoms with van der Waals surface area (Å²) in [6.07, 6.45) is 0.215. The van der Waals surface area contributed by atoms with Crippen LogP contribution >= 0.6 is 11.8 Å². The Balaban J connectivity index is 1.82. The average molecular weight is 352 g/mol. The number of nitrogens with one attached hydrogen (secondary N) is 2. The van der Waals surface area contributed by atoms with Crippen molar-refractivity contribution in [2.45, 2.75) is 31.7 Å². The Hall–Kier alpha value is -2.15. The van der Waals surface area contributed by atoms with Crippen molar-refractivity contribution < 1.29 is 13.6 Å². The number of rotatable bonds is 6. The molecule has 1 aromatic carbocycles. The van der Waals surface area contributed by atoms with Gasteiger partial charge in [0, 0.05) is 34.9 Å². The van der Waals surface area contributed by atoms with Crippen LogP contribution in [0.2, 0.25) is 0 Å². The highest BCUT2D eigenvalue weighted by Gasteiger charge is 2.08. The SMILES string of the molecule is Cc1cc(C)c(CNC(=O)CCSc2ccc(F)c(F)c2)c(=O)[nH]1. The summed E-state index contributed by atoms with van der Waals surface area (Å²) in [5, 5.41) is 2.70. The Labute approximate surface area is 142 Å². The first-order chi connectivity index (χ1) is 11.4. The molecule has 0 bridgehead atoms. The third kappa shape index (κ3) is 4.92. The maximum absolute atomic E-state index is 13.1. The summed E-state index contributed by atoms with van der Waals surface area (Å²) in [6, 6.07) is 5.48. The van der Waals surface area contributed by atoms with Crippen LogP contribution in [0, 0.1) is 25.5 Å². The molecule has 2 aromatic rings. The van der Waals surface area contributed by atoms with Crippen molar-refractivity contribution >= 4 is 17.7 Å². The monoisotopic (exact) mass is 352 g/mol. The number of aromatic amines is 1. The average Bonchev–Trinajstić information content (AvgIpc) is 2.49. The van der Waals surface area contributed by atoms with Gasteiger partial charge >= 0.3 is 0 Å². The Morgan fingerprint density at radius 3 is 2.62 bits per heavy atom. The van der Waals surface area contributed by atoms with Gasteiger partial charge in [0.05, 0.1) is 0 Å². The molecule has 0 atom stereocenters. The molecule has 0 fully saturated rings. The second kappa shape index (κ2) is 8.10. The lowest BCUT2D eigenvalue weighted by Crippen LogP contribution is -2.28. The van der Waals surface area contributed by atoms with E-state index in [-0.39, 0.29) is 24.4 Å². The van der Waals surface area contributed by atoms with Gasteiger partial charge < -0.3 is 10.3 Å². The third-order valence-electron chi connectivity index (χ3n) is 3.45. The van der Waals surface area contributed by atoms with Crippen molar-refractivity contribution in [1.29, 1.82) is 0 Å². The summed E-state index contributed by atoms with van der Waals surface area (Å²) in [5.41, 5.74) is 1.93. The second-order valence-electron chi connectivity index (χ2n) is 5.39. The largest absolute Gasteiger partial charge is 0.352 e. The Morgan fingerprint density at radius 2 is 1.96 bits per heavy atom. The zero-order chi connectivity index (χ0) is 17.7. The summed E-state index contributed by atoms with van der Waals surface area (Å²) in [4.78, 5) is 27.0. The number of carbonyl (C=O) groups excluding carboxylic acids is 1. The predicted molar refractivity (Wildman–Crippen MR) is 90.1 cm³/mol. The molecule has 0 spiro atoms. The van der Waals surface area contributed by atoms with Crippen LogP contribution in [0.4, 0.5) is 8.78 Å². The summed E-state index contributed by atoms with van der Waals surface area (Å²) in [5.74, 6) is -1.57. The number of H-pyrrole nitrogens is 1. The van der Waals surface area contributed by atoms with E-state index >= 15 is 0 Å². The normalized spacial score (nSPS) is 10.7. The van der Waals surface area contributed by atoms with Crippen LogP contribution in [0.25, 0.3) is 0 Å². The highest BCUT2D eigenvalue weighted by atomic mass is 32.2. The van der Waals surface area contributed by atoms with Gasteiger partial charge in [-0.1, -0.05) is 0 Å². The minimum Gasteiger partial charge on any atom is -0.352 e. The minimum atomic E-state index is -0.904. The Morgan fingerprint density at radius 1 is 1.21 bits per heavy atom. The molecular formula is C17H18F2N2O2S. The van der Waals surface area contributed by atoms with Crippen LogP contribution in [0.5, 0.6) is 0 Å². The van der Waals surface area contributed by atoms with Crippen LogP contribution in [-0.2, 0) is 11.3 Å². The van der Waals surface area contributed by atoms with E-state index in [0.717, 1.165) is 23.4 Å². The van der Waals surface area contributed by atoms with E-state index in [1.54, 1.807) is 6.92 Å². The number of hydrogen-bond donors (Lipinski definition) is 2. The van der Waals surface area contributed by atoms with Crippen LogP contribution in [0.15, 0.2) is 34.0 Å². The topological polar surface area (TPSA) is 62.0 Å². The molecule has 0 radical (unpaired) electrons. The number of aryl methyl sites for hydroxylation is 2. The fourth-order valence-corrected chi connectivity index (χ4v) is 3.08. The molecule has 128 valence electrons. The molecule has 2 N–H and O–H groups in total. The van der Waals surface area contributed by atoms with Crippen molar-refractivity contribution in [3.8, 4) is 0 Å². The number of thioether (sulfide) groups is 1. The van der Waals surface area contributed by atoms with Crippen LogP contribution in [-0.4, -0.2) is 16.6 Å². The van der Waals surface area contributed by atoms with E-state index in [0.29, 0.717) is 16.2 Å². The van der Waals surface area contributed by atoms with Gasteiger partial charge in [0.2, 0.25) is 5.91 Å². The lowest BCUT2D eigenvalue weighted by Gasteiger charge is -2.08. The van der Waals surface area contributed by atoms with Gasteiger partial charge in [-0.3, -0.25) is 9.59 Å². The van der Waals surface area contributed by atoms with Gasteiger partial charge in [-0.15, -0.1) is 11.8 Å². The number of halogens is 2. The molecule has 0 saturated heterocycles. The number of benzene rings is 1. The molecular weight excluding hydrogens is 334 g/mol. The Bertz CT molecular complexity index is 806. The van der Waals surface area contributed by atoms with Gasteiger partial charge in [0.15, 0.2) is 11.6 Å². The van der Waals surface area contributed by atoms with E-state index < -0.39 is 11.6 Å². The van der Waals surface area contributed by atoms with Crippen LogP contribution < -0.4 is 10.9 Å². The summed E-state index contributed by atoms with van der Waals surface area (Å²) >= 11 is 1.27.